The van der Waals surface area contributed by atoms with E-state index in [-0.39, 0.29) is 42.6 Å². The Balaban J connectivity index is 0.00000243. The number of piperidine rings is 1. The molecule has 3 atom stereocenters. The lowest BCUT2D eigenvalue weighted by Gasteiger charge is -2.29. The second kappa shape index (κ2) is 8.73. The molecular formula is C19H28ClN3O3. The van der Waals surface area contributed by atoms with Crippen LogP contribution in [-0.2, 0) is 9.59 Å². The number of nitrogens with one attached hydrogen (secondary N) is 2. The SMILES string of the molecule is COc1ccc(C)cc1N1CC(C(=O)NC2CCNC(C)C2)CC1=O.Cl. The van der Waals surface area contributed by atoms with Crippen molar-refractivity contribution in [3.05, 3.63) is 23.8 Å². The predicted molar refractivity (Wildman–Crippen MR) is 104 cm³/mol. The number of hydrogen-bond donors (Lipinski definition) is 2. The molecule has 144 valence electrons. The van der Waals surface area contributed by atoms with Crippen molar-refractivity contribution in [1.82, 2.24) is 10.6 Å². The molecule has 0 bridgehead atoms. The van der Waals surface area contributed by atoms with Crippen molar-refractivity contribution < 1.29 is 14.3 Å². The fourth-order valence-corrected chi connectivity index (χ4v) is 3.71. The number of rotatable bonds is 4. The van der Waals surface area contributed by atoms with E-state index in [1.807, 2.05) is 25.1 Å². The zero-order chi connectivity index (χ0) is 18.0. The van der Waals surface area contributed by atoms with E-state index in [1.165, 1.54) is 0 Å². The van der Waals surface area contributed by atoms with Gasteiger partial charge in [0.2, 0.25) is 11.8 Å². The smallest absolute Gasteiger partial charge is 0.227 e. The van der Waals surface area contributed by atoms with Gasteiger partial charge in [0.05, 0.1) is 18.7 Å². The number of aryl methyl sites for hydroxylation is 1. The minimum atomic E-state index is -0.303. The van der Waals surface area contributed by atoms with Gasteiger partial charge in [0.25, 0.3) is 0 Å². The molecule has 0 saturated carbocycles. The van der Waals surface area contributed by atoms with Gasteiger partial charge in [0.15, 0.2) is 0 Å². The van der Waals surface area contributed by atoms with Crippen LogP contribution in [0.5, 0.6) is 5.75 Å². The Bertz CT molecular complexity index is 667. The number of methoxy groups -OCH3 is 1. The van der Waals surface area contributed by atoms with E-state index < -0.39 is 0 Å². The van der Waals surface area contributed by atoms with E-state index in [9.17, 15) is 9.59 Å². The number of carbonyl (C=O) groups excluding carboxylic acids is 2. The lowest BCUT2D eigenvalue weighted by Crippen LogP contribution is -2.48. The van der Waals surface area contributed by atoms with Crippen LogP contribution in [0.3, 0.4) is 0 Å². The van der Waals surface area contributed by atoms with E-state index in [2.05, 4.69) is 17.6 Å². The molecule has 2 aliphatic heterocycles. The summed E-state index contributed by atoms with van der Waals surface area (Å²) < 4.78 is 5.39. The third-order valence-corrected chi connectivity index (χ3v) is 5.09. The maximum absolute atomic E-state index is 12.6. The first-order chi connectivity index (χ1) is 12.0. The number of amides is 2. The molecule has 1 aromatic rings. The number of nitrogens with zero attached hydrogens (tertiary/aromatic N) is 1. The standard InChI is InChI=1S/C19H27N3O3.ClH/c1-12-4-5-17(25-3)16(8-12)22-11-14(10-18(22)23)19(24)21-15-6-7-20-13(2)9-15;/h4-5,8,13-15,20H,6-7,9-11H2,1-3H3,(H,21,24);1H. The Kier molecular flexibility index (Phi) is 6.89. The Morgan fingerprint density at radius 3 is 2.85 bits per heavy atom. The first-order valence-corrected chi connectivity index (χ1v) is 8.96. The summed E-state index contributed by atoms with van der Waals surface area (Å²) in [5, 5.41) is 6.52. The molecule has 2 heterocycles. The second-order valence-corrected chi connectivity index (χ2v) is 7.17. The first kappa shape index (κ1) is 20.5. The molecule has 0 aromatic heterocycles. The van der Waals surface area contributed by atoms with Gasteiger partial charge in [-0.2, -0.15) is 0 Å². The molecule has 2 aliphatic rings. The summed E-state index contributed by atoms with van der Waals surface area (Å²) in [6.45, 7) is 5.43. The topological polar surface area (TPSA) is 70.7 Å². The second-order valence-electron chi connectivity index (χ2n) is 7.17. The number of benzene rings is 1. The molecule has 0 radical (unpaired) electrons. The van der Waals surface area contributed by atoms with Crippen molar-refractivity contribution in [2.24, 2.45) is 5.92 Å². The van der Waals surface area contributed by atoms with Gasteiger partial charge in [0, 0.05) is 25.0 Å². The number of anilines is 1. The molecule has 7 heteroatoms. The molecule has 3 unspecified atom stereocenters. The molecule has 2 saturated heterocycles. The molecule has 0 aliphatic carbocycles. The number of hydrogen-bond acceptors (Lipinski definition) is 4. The normalized spacial score (nSPS) is 25.6. The summed E-state index contributed by atoms with van der Waals surface area (Å²) in [6, 6.07) is 6.36. The van der Waals surface area contributed by atoms with Crippen molar-refractivity contribution in [2.75, 3.05) is 25.1 Å². The minimum Gasteiger partial charge on any atom is -0.495 e. The van der Waals surface area contributed by atoms with Crippen LogP contribution in [0.15, 0.2) is 18.2 Å². The van der Waals surface area contributed by atoms with Crippen molar-refractivity contribution in [1.29, 1.82) is 0 Å². The average molecular weight is 382 g/mol. The van der Waals surface area contributed by atoms with Gasteiger partial charge in [-0.3, -0.25) is 9.59 Å². The van der Waals surface area contributed by atoms with Crippen LogP contribution in [0.1, 0.15) is 31.7 Å². The number of ether oxygens (including phenoxy) is 1. The van der Waals surface area contributed by atoms with Crippen molar-refractivity contribution in [3.8, 4) is 5.75 Å². The summed E-state index contributed by atoms with van der Waals surface area (Å²) in [7, 11) is 1.59. The van der Waals surface area contributed by atoms with Crippen LogP contribution in [-0.4, -0.2) is 44.1 Å². The molecule has 1 aromatic carbocycles. The van der Waals surface area contributed by atoms with Crippen molar-refractivity contribution >= 4 is 29.9 Å². The first-order valence-electron chi connectivity index (χ1n) is 8.96. The summed E-state index contributed by atoms with van der Waals surface area (Å²) in [6.07, 6.45) is 2.12. The third-order valence-electron chi connectivity index (χ3n) is 5.09. The fourth-order valence-electron chi connectivity index (χ4n) is 3.71. The van der Waals surface area contributed by atoms with E-state index in [0.29, 0.717) is 18.3 Å². The minimum absolute atomic E-state index is 0. The maximum Gasteiger partial charge on any atom is 0.227 e. The average Bonchev–Trinajstić information content (AvgIpc) is 2.96. The van der Waals surface area contributed by atoms with Crippen molar-refractivity contribution in [3.63, 3.8) is 0 Å². The fraction of sp³-hybridized carbons (Fsp3) is 0.579. The molecule has 2 fully saturated rings. The quantitative estimate of drug-likeness (QED) is 0.837. The van der Waals surface area contributed by atoms with Gasteiger partial charge in [-0.15, -0.1) is 12.4 Å². The molecule has 6 nitrogen and oxygen atoms in total. The third kappa shape index (κ3) is 4.48. The Labute approximate surface area is 161 Å². The van der Waals surface area contributed by atoms with Crippen LogP contribution >= 0.6 is 12.4 Å². The lowest BCUT2D eigenvalue weighted by atomic mass is 9.99. The molecule has 0 spiro atoms. The zero-order valence-electron chi connectivity index (χ0n) is 15.6. The van der Waals surface area contributed by atoms with Gasteiger partial charge in [-0.1, -0.05) is 6.07 Å². The highest BCUT2D eigenvalue weighted by molar-refractivity contribution is 6.01. The van der Waals surface area contributed by atoms with Crippen LogP contribution < -0.4 is 20.3 Å². The highest BCUT2D eigenvalue weighted by Crippen LogP contribution is 2.34. The molecular weight excluding hydrogens is 354 g/mol. The van der Waals surface area contributed by atoms with Gasteiger partial charge >= 0.3 is 0 Å². The van der Waals surface area contributed by atoms with Gasteiger partial charge in [0.1, 0.15) is 5.75 Å². The summed E-state index contributed by atoms with van der Waals surface area (Å²) in [5.74, 6) is 0.319. The highest BCUT2D eigenvalue weighted by Gasteiger charge is 2.37. The van der Waals surface area contributed by atoms with Crippen LogP contribution in [0, 0.1) is 12.8 Å². The maximum atomic E-state index is 12.6. The van der Waals surface area contributed by atoms with Gasteiger partial charge < -0.3 is 20.3 Å². The molecule has 2 amide bonds. The van der Waals surface area contributed by atoms with E-state index in [1.54, 1.807) is 12.0 Å². The summed E-state index contributed by atoms with van der Waals surface area (Å²) >= 11 is 0. The van der Waals surface area contributed by atoms with E-state index >= 15 is 0 Å². The highest BCUT2D eigenvalue weighted by atomic mass is 35.5. The number of halogens is 1. The van der Waals surface area contributed by atoms with Crippen LogP contribution in [0.4, 0.5) is 5.69 Å². The largest absolute Gasteiger partial charge is 0.495 e. The van der Waals surface area contributed by atoms with Crippen LogP contribution in [0.2, 0.25) is 0 Å². The van der Waals surface area contributed by atoms with Gasteiger partial charge in [-0.05, 0) is 50.9 Å². The van der Waals surface area contributed by atoms with Crippen LogP contribution in [0.25, 0.3) is 0 Å². The molecule has 2 N–H and O–H groups in total. The Hall–Kier alpha value is -1.79. The molecule has 26 heavy (non-hydrogen) atoms. The monoisotopic (exact) mass is 381 g/mol. The van der Waals surface area contributed by atoms with E-state index in [4.69, 9.17) is 4.74 Å². The van der Waals surface area contributed by atoms with Gasteiger partial charge in [-0.25, -0.2) is 0 Å². The van der Waals surface area contributed by atoms with E-state index in [0.717, 1.165) is 30.6 Å². The lowest BCUT2D eigenvalue weighted by molar-refractivity contribution is -0.127. The Morgan fingerprint density at radius 2 is 2.15 bits per heavy atom. The van der Waals surface area contributed by atoms with Crippen molar-refractivity contribution in [2.45, 2.75) is 45.2 Å². The molecule has 3 rings (SSSR count). The zero-order valence-corrected chi connectivity index (χ0v) is 16.4. The Morgan fingerprint density at radius 1 is 1.38 bits per heavy atom. The summed E-state index contributed by atoms with van der Waals surface area (Å²) in [5.41, 5.74) is 1.80. The number of carbonyl (C=O) groups is 2. The predicted octanol–water partition coefficient (Wildman–Crippen LogP) is 2.04. The summed E-state index contributed by atoms with van der Waals surface area (Å²) in [4.78, 5) is 26.8.